The Morgan fingerprint density at radius 1 is 0.925 bits per heavy atom. The monoisotopic (exact) mass is 555 g/mol. The Bertz CT molecular complexity index is 1590. The van der Waals surface area contributed by atoms with Gasteiger partial charge in [-0.15, -0.1) is 0 Å². The summed E-state index contributed by atoms with van der Waals surface area (Å²) in [4.78, 5) is 26.0. The predicted octanol–water partition coefficient (Wildman–Crippen LogP) is 6.64. The molecule has 7 nitrogen and oxygen atoms in total. The third kappa shape index (κ3) is 5.75. The van der Waals surface area contributed by atoms with E-state index in [1.807, 2.05) is 32.0 Å². The molecule has 0 aliphatic carbocycles. The van der Waals surface area contributed by atoms with Gasteiger partial charge in [0.05, 0.1) is 25.2 Å². The molecular weight excluding hydrogens is 527 g/mol. The highest BCUT2D eigenvalue weighted by Crippen LogP contribution is 2.40. The van der Waals surface area contributed by atoms with Crippen molar-refractivity contribution >= 4 is 22.6 Å². The number of para-hydroxylation sites is 1. The molecule has 10 heteroatoms. The minimum absolute atomic E-state index is 0.0450. The van der Waals surface area contributed by atoms with Crippen molar-refractivity contribution in [1.29, 1.82) is 0 Å². The number of hydrogen-bond donors (Lipinski definition) is 1. The first kappa shape index (κ1) is 28.5. The van der Waals surface area contributed by atoms with Gasteiger partial charge in [0.15, 0.2) is 18.1 Å². The van der Waals surface area contributed by atoms with Crippen LogP contribution in [0.4, 0.5) is 18.9 Å². The van der Waals surface area contributed by atoms with Crippen LogP contribution in [0.2, 0.25) is 0 Å². The van der Waals surface area contributed by atoms with Crippen LogP contribution in [0.1, 0.15) is 30.7 Å². The number of carbonyl (C=O) groups is 1. The molecule has 3 aromatic carbocycles. The molecule has 1 heterocycles. The van der Waals surface area contributed by atoms with E-state index in [-0.39, 0.29) is 28.0 Å². The van der Waals surface area contributed by atoms with Gasteiger partial charge in [-0.1, -0.05) is 38.1 Å². The van der Waals surface area contributed by atoms with E-state index < -0.39 is 35.4 Å². The summed E-state index contributed by atoms with van der Waals surface area (Å²) in [5, 5.41) is 2.78. The highest BCUT2D eigenvalue weighted by Gasteiger charge is 2.39. The smallest absolute Gasteiger partial charge is 0.450 e. The molecule has 0 bridgehead atoms. The zero-order valence-corrected chi connectivity index (χ0v) is 22.4. The Kier molecular flexibility index (Phi) is 8.37. The average molecular weight is 556 g/mol. The van der Waals surface area contributed by atoms with Crippen molar-refractivity contribution in [3.05, 3.63) is 81.7 Å². The molecule has 0 aliphatic heterocycles. The number of anilines is 1. The zero-order chi connectivity index (χ0) is 29.0. The molecule has 0 atom stereocenters. The maximum atomic E-state index is 14.1. The molecule has 40 heavy (non-hydrogen) atoms. The number of rotatable bonds is 9. The molecule has 210 valence electrons. The van der Waals surface area contributed by atoms with E-state index in [0.717, 1.165) is 35.7 Å². The lowest BCUT2D eigenvalue weighted by atomic mass is 10.0. The molecule has 1 amide bonds. The van der Waals surface area contributed by atoms with Gasteiger partial charge in [-0.25, -0.2) is 0 Å². The fourth-order valence-electron chi connectivity index (χ4n) is 4.44. The van der Waals surface area contributed by atoms with Gasteiger partial charge in [-0.05, 0) is 53.8 Å². The van der Waals surface area contributed by atoms with Gasteiger partial charge in [0.1, 0.15) is 11.3 Å². The van der Waals surface area contributed by atoms with Crippen molar-refractivity contribution in [1.82, 2.24) is 0 Å². The number of nitrogens with one attached hydrogen (secondary N) is 1. The summed E-state index contributed by atoms with van der Waals surface area (Å²) in [7, 11) is 2.72. The van der Waals surface area contributed by atoms with Gasteiger partial charge >= 0.3 is 6.18 Å². The minimum Gasteiger partial charge on any atom is -0.493 e. The van der Waals surface area contributed by atoms with Crippen molar-refractivity contribution in [3.63, 3.8) is 0 Å². The summed E-state index contributed by atoms with van der Waals surface area (Å²) >= 11 is 0. The average Bonchev–Trinajstić information content (AvgIpc) is 2.95. The molecule has 1 N–H and O–H groups in total. The van der Waals surface area contributed by atoms with Gasteiger partial charge in [-0.2, -0.15) is 13.2 Å². The summed E-state index contributed by atoms with van der Waals surface area (Å²) in [5.74, 6) is -1.38. The Hall–Kier alpha value is -4.47. The number of amides is 1. The van der Waals surface area contributed by atoms with Crippen molar-refractivity contribution in [2.45, 2.75) is 32.9 Å². The molecule has 0 unspecified atom stereocenters. The third-order valence-electron chi connectivity index (χ3n) is 6.43. The summed E-state index contributed by atoms with van der Waals surface area (Å²) in [6.07, 6.45) is -3.53. The minimum atomic E-state index is -4.98. The molecular formula is C30H28F3NO6. The van der Waals surface area contributed by atoms with Crippen molar-refractivity contribution in [3.8, 4) is 28.4 Å². The Morgan fingerprint density at radius 2 is 1.60 bits per heavy atom. The Morgan fingerprint density at radius 3 is 2.20 bits per heavy atom. The van der Waals surface area contributed by atoms with Crippen LogP contribution in [0.3, 0.4) is 0 Å². The molecule has 0 saturated carbocycles. The number of halogens is 3. The molecule has 0 saturated heterocycles. The number of aryl methyl sites for hydroxylation is 2. The van der Waals surface area contributed by atoms with Gasteiger partial charge in [0, 0.05) is 11.8 Å². The maximum absolute atomic E-state index is 14.1. The van der Waals surface area contributed by atoms with Crippen LogP contribution in [0, 0.1) is 0 Å². The SMILES string of the molecule is CCc1cccc(CC)c1NC(=O)COc1ccc2c(=O)c(-c3ccc(OC)c(OC)c3)c(C(F)(F)F)oc2c1. The van der Waals surface area contributed by atoms with Gasteiger partial charge in [0.25, 0.3) is 5.91 Å². The van der Waals surface area contributed by atoms with Crippen LogP contribution < -0.4 is 25.0 Å². The lowest BCUT2D eigenvalue weighted by Crippen LogP contribution is -2.22. The van der Waals surface area contributed by atoms with E-state index in [2.05, 4.69) is 5.32 Å². The molecule has 0 spiro atoms. The Labute approximate surface area is 228 Å². The number of carbonyl (C=O) groups excluding carboxylic acids is 1. The molecule has 1 aromatic heterocycles. The van der Waals surface area contributed by atoms with E-state index in [0.29, 0.717) is 5.75 Å². The van der Waals surface area contributed by atoms with Crippen LogP contribution in [0.5, 0.6) is 17.2 Å². The van der Waals surface area contributed by atoms with Crippen LogP contribution in [0.25, 0.3) is 22.1 Å². The second-order valence-corrected chi connectivity index (χ2v) is 8.86. The van der Waals surface area contributed by atoms with Gasteiger partial charge in [0.2, 0.25) is 11.2 Å². The summed E-state index contributed by atoms with van der Waals surface area (Å²) in [5.41, 5.74) is 0.766. The number of fused-ring (bicyclic) bond motifs is 1. The quantitative estimate of drug-likeness (QED) is 0.249. The summed E-state index contributed by atoms with van der Waals surface area (Å²) in [6, 6.07) is 13.7. The molecule has 0 radical (unpaired) electrons. The first-order valence-electron chi connectivity index (χ1n) is 12.5. The van der Waals surface area contributed by atoms with Crippen molar-refractivity contribution in [2.24, 2.45) is 0 Å². The van der Waals surface area contributed by atoms with E-state index >= 15 is 0 Å². The maximum Gasteiger partial charge on any atom is 0.450 e. The molecule has 4 aromatic rings. The largest absolute Gasteiger partial charge is 0.493 e. The second-order valence-electron chi connectivity index (χ2n) is 8.86. The zero-order valence-electron chi connectivity index (χ0n) is 22.4. The Balaban J connectivity index is 1.66. The van der Waals surface area contributed by atoms with Crippen molar-refractivity contribution < 1.29 is 36.6 Å². The highest BCUT2D eigenvalue weighted by molar-refractivity contribution is 5.93. The van der Waals surface area contributed by atoms with Crippen LogP contribution in [0.15, 0.2) is 63.8 Å². The fourth-order valence-corrected chi connectivity index (χ4v) is 4.44. The van der Waals surface area contributed by atoms with Gasteiger partial charge in [-0.3, -0.25) is 9.59 Å². The lowest BCUT2D eigenvalue weighted by Gasteiger charge is -2.16. The predicted molar refractivity (Wildman–Crippen MR) is 145 cm³/mol. The van der Waals surface area contributed by atoms with E-state index in [4.69, 9.17) is 18.6 Å². The number of benzene rings is 3. The topological polar surface area (TPSA) is 87.0 Å². The normalized spacial score (nSPS) is 11.4. The van der Waals surface area contributed by atoms with E-state index in [1.54, 1.807) is 0 Å². The van der Waals surface area contributed by atoms with Crippen LogP contribution in [-0.2, 0) is 23.8 Å². The lowest BCUT2D eigenvalue weighted by molar-refractivity contribution is -0.152. The molecule has 4 rings (SSSR count). The number of methoxy groups -OCH3 is 2. The van der Waals surface area contributed by atoms with Gasteiger partial charge < -0.3 is 23.9 Å². The number of ether oxygens (including phenoxy) is 3. The van der Waals surface area contributed by atoms with E-state index in [1.165, 1.54) is 44.6 Å². The highest BCUT2D eigenvalue weighted by atomic mass is 19.4. The first-order valence-corrected chi connectivity index (χ1v) is 12.5. The third-order valence-corrected chi connectivity index (χ3v) is 6.43. The van der Waals surface area contributed by atoms with E-state index in [9.17, 15) is 22.8 Å². The summed E-state index contributed by atoms with van der Waals surface area (Å²) in [6.45, 7) is 3.57. The fraction of sp³-hybridized carbons (Fsp3) is 0.267. The van der Waals surface area contributed by atoms with Crippen molar-refractivity contribution in [2.75, 3.05) is 26.1 Å². The second kappa shape index (κ2) is 11.7. The van der Waals surface area contributed by atoms with Crippen LogP contribution in [-0.4, -0.2) is 26.7 Å². The number of hydrogen-bond acceptors (Lipinski definition) is 6. The number of alkyl halides is 3. The summed E-state index contributed by atoms with van der Waals surface area (Å²) < 4.78 is 63.4. The first-order chi connectivity index (χ1) is 19.1. The van der Waals surface area contributed by atoms with Crippen LogP contribution >= 0.6 is 0 Å². The standard InChI is InChI=1S/C30H28F3NO6/c1-5-17-8-7-9-18(6-2)27(17)34-25(35)16-39-20-11-12-21-23(15-20)40-29(30(31,32)33)26(28(21)36)19-10-13-22(37-3)24(14-19)38-4/h7-15H,5-6,16H2,1-4H3,(H,34,35). The molecule has 0 fully saturated rings. The molecule has 0 aliphatic rings.